The first-order valence-electron chi connectivity index (χ1n) is 4.39. The van der Waals surface area contributed by atoms with E-state index >= 15 is 0 Å². The summed E-state index contributed by atoms with van der Waals surface area (Å²) in [5.41, 5.74) is 0. The Kier molecular flexibility index (Phi) is 7.72. The molecular formula is C9H19S. The van der Waals surface area contributed by atoms with E-state index in [1.54, 1.807) is 0 Å². The second kappa shape index (κ2) is 7.46. The third kappa shape index (κ3) is 6.47. The maximum atomic E-state index is 4.95. The van der Waals surface area contributed by atoms with Crippen molar-refractivity contribution < 1.29 is 0 Å². The van der Waals surface area contributed by atoms with Crippen LogP contribution >= 0.6 is 12.6 Å². The molecule has 0 bridgehead atoms. The quantitative estimate of drug-likeness (QED) is 0.517. The lowest BCUT2D eigenvalue weighted by atomic mass is 10.0. The molecule has 1 heteroatoms. The van der Waals surface area contributed by atoms with Crippen LogP contribution in [-0.2, 0) is 0 Å². The normalized spacial score (nSPS) is 13.5. The van der Waals surface area contributed by atoms with E-state index in [0.717, 1.165) is 11.7 Å². The molecule has 61 valence electrons. The van der Waals surface area contributed by atoms with Gasteiger partial charge in [0.15, 0.2) is 0 Å². The molecule has 0 spiro atoms. The summed E-state index contributed by atoms with van der Waals surface area (Å²) in [6.45, 7) is 4.50. The minimum atomic E-state index is 0.770. The zero-order valence-corrected chi connectivity index (χ0v) is 8.04. The average molecular weight is 159 g/mol. The van der Waals surface area contributed by atoms with E-state index < -0.39 is 0 Å². The summed E-state index contributed by atoms with van der Waals surface area (Å²) in [5.74, 6) is 1.71. The second-order valence-electron chi connectivity index (χ2n) is 3.12. The van der Waals surface area contributed by atoms with Crippen molar-refractivity contribution in [1.29, 1.82) is 0 Å². The first-order valence-corrected chi connectivity index (χ1v) is 4.97. The van der Waals surface area contributed by atoms with E-state index in [9.17, 15) is 0 Å². The van der Waals surface area contributed by atoms with Gasteiger partial charge in [0.2, 0.25) is 0 Å². The summed E-state index contributed by atoms with van der Waals surface area (Å²) in [5, 5.41) is 0. The van der Waals surface area contributed by atoms with Gasteiger partial charge in [0.05, 0.1) is 0 Å². The zero-order valence-electron chi connectivity index (χ0n) is 7.23. The van der Waals surface area contributed by atoms with Gasteiger partial charge in [0.1, 0.15) is 0 Å². The SMILES string of the molecule is CCCCCCC(C)C[S]. The molecule has 0 amide bonds. The van der Waals surface area contributed by atoms with Crippen LogP contribution in [0.3, 0.4) is 0 Å². The smallest absolute Gasteiger partial charge is 0.00626 e. The van der Waals surface area contributed by atoms with Crippen LogP contribution in [0.15, 0.2) is 0 Å². The molecule has 0 aromatic rings. The van der Waals surface area contributed by atoms with E-state index in [4.69, 9.17) is 12.6 Å². The van der Waals surface area contributed by atoms with E-state index in [-0.39, 0.29) is 0 Å². The highest BCUT2D eigenvalue weighted by atomic mass is 32.1. The van der Waals surface area contributed by atoms with Gasteiger partial charge in [-0.1, -0.05) is 52.2 Å². The summed E-state index contributed by atoms with van der Waals surface area (Å²) in [6.07, 6.45) is 6.84. The topological polar surface area (TPSA) is 0 Å². The van der Waals surface area contributed by atoms with E-state index in [0.29, 0.717) is 0 Å². The van der Waals surface area contributed by atoms with Crippen molar-refractivity contribution in [2.45, 2.75) is 46.0 Å². The molecular weight excluding hydrogens is 140 g/mol. The Morgan fingerprint density at radius 2 is 1.90 bits per heavy atom. The van der Waals surface area contributed by atoms with E-state index in [1.165, 1.54) is 32.1 Å². The van der Waals surface area contributed by atoms with Crippen LogP contribution in [-0.4, -0.2) is 5.75 Å². The third-order valence-electron chi connectivity index (χ3n) is 1.83. The van der Waals surface area contributed by atoms with Crippen LogP contribution < -0.4 is 0 Å². The highest BCUT2D eigenvalue weighted by Crippen LogP contribution is 2.10. The average Bonchev–Trinajstić information content (AvgIpc) is 1.98. The van der Waals surface area contributed by atoms with Crippen molar-refractivity contribution >= 4 is 12.6 Å². The van der Waals surface area contributed by atoms with Gasteiger partial charge in [0, 0.05) is 5.75 Å². The lowest BCUT2D eigenvalue weighted by Gasteiger charge is -2.05. The van der Waals surface area contributed by atoms with E-state index in [1.807, 2.05) is 0 Å². The van der Waals surface area contributed by atoms with Crippen LogP contribution in [0, 0.1) is 5.92 Å². The molecule has 0 aromatic carbocycles. The van der Waals surface area contributed by atoms with Gasteiger partial charge in [-0.2, -0.15) is 0 Å². The molecule has 1 unspecified atom stereocenters. The molecule has 0 saturated carbocycles. The predicted molar refractivity (Wildman–Crippen MR) is 50.4 cm³/mol. The Morgan fingerprint density at radius 3 is 2.40 bits per heavy atom. The Labute approximate surface area is 70.8 Å². The van der Waals surface area contributed by atoms with Gasteiger partial charge in [-0.25, -0.2) is 0 Å². The number of unbranched alkanes of at least 4 members (excludes halogenated alkanes) is 3. The molecule has 0 aliphatic rings. The fourth-order valence-electron chi connectivity index (χ4n) is 1.00. The van der Waals surface area contributed by atoms with Crippen molar-refractivity contribution in [3.63, 3.8) is 0 Å². The van der Waals surface area contributed by atoms with Gasteiger partial charge < -0.3 is 0 Å². The number of hydrogen-bond acceptors (Lipinski definition) is 0. The minimum Gasteiger partial charge on any atom is -0.0939 e. The van der Waals surface area contributed by atoms with E-state index in [2.05, 4.69) is 13.8 Å². The van der Waals surface area contributed by atoms with Crippen molar-refractivity contribution in [3.05, 3.63) is 0 Å². The first kappa shape index (κ1) is 10.3. The third-order valence-corrected chi connectivity index (χ3v) is 2.40. The lowest BCUT2D eigenvalue weighted by Crippen LogP contribution is -1.95. The molecule has 0 heterocycles. The van der Waals surface area contributed by atoms with Gasteiger partial charge in [-0.3, -0.25) is 0 Å². The first-order chi connectivity index (χ1) is 4.81. The molecule has 0 aliphatic heterocycles. The summed E-state index contributed by atoms with van der Waals surface area (Å²) >= 11 is 4.95. The Hall–Kier alpha value is 0.350. The summed E-state index contributed by atoms with van der Waals surface area (Å²) in [7, 11) is 0. The summed E-state index contributed by atoms with van der Waals surface area (Å²) < 4.78 is 0. The molecule has 0 saturated heterocycles. The fraction of sp³-hybridized carbons (Fsp3) is 1.00. The maximum Gasteiger partial charge on any atom is 0.00626 e. The van der Waals surface area contributed by atoms with Crippen molar-refractivity contribution in [3.8, 4) is 0 Å². The molecule has 0 N–H and O–H groups in total. The van der Waals surface area contributed by atoms with Gasteiger partial charge >= 0.3 is 0 Å². The highest BCUT2D eigenvalue weighted by molar-refractivity contribution is 7.80. The van der Waals surface area contributed by atoms with Crippen LogP contribution in [0.5, 0.6) is 0 Å². The zero-order chi connectivity index (χ0) is 7.82. The standard InChI is InChI=1S/C9H19S/c1-3-4-5-6-7-9(2)8-10/h9H,3-8H2,1-2H3. The fourth-order valence-corrected chi connectivity index (χ4v) is 1.17. The minimum absolute atomic E-state index is 0.770. The molecule has 1 radical (unpaired) electrons. The van der Waals surface area contributed by atoms with Crippen LogP contribution in [0.1, 0.15) is 46.0 Å². The van der Waals surface area contributed by atoms with Crippen LogP contribution in [0.2, 0.25) is 0 Å². The molecule has 0 fully saturated rings. The second-order valence-corrected chi connectivity index (χ2v) is 3.45. The highest BCUT2D eigenvalue weighted by Gasteiger charge is 1.97. The lowest BCUT2D eigenvalue weighted by molar-refractivity contribution is 0.532. The molecule has 0 aliphatic carbocycles. The van der Waals surface area contributed by atoms with Gasteiger partial charge in [0.25, 0.3) is 0 Å². The molecule has 1 atom stereocenters. The molecule has 0 rings (SSSR count). The van der Waals surface area contributed by atoms with Gasteiger partial charge in [-0.05, 0) is 12.3 Å². The number of rotatable bonds is 6. The summed E-state index contributed by atoms with van der Waals surface area (Å²) in [4.78, 5) is 0. The molecule has 0 aromatic heterocycles. The summed E-state index contributed by atoms with van der Waals surface area (Å²) in [6, 6.07) is 0. The molecule has 0 nitrogen and oxygen atoms in total. The Balaban J connectivity index is 2.89. The van der Waals surface area contributed by atoms with Crippen molar-refractivity contribution in [2.75, 3.05) is 5.75 Å². The molecule has 10 heavy (non-hydrogen) atoms. The Morgan fingerprint density at radius 1 is 1.20 bits per heavy atom. The van der Waals surface area contributed by atoms with Gasteiger partial charge in [-0.15, -0.1) is 0 Å². The Bertz CT molecular complexity index is 61.7. The number of hydrogen-bond donors (Lipinski definition) is 0. The van der Waals surface area contributed by atoms with Crippen molar-refractivity contribution in [1.82, 2.24) is 0 Å². The van der Waals surface area contributed by atoms with Crippen LogP contribution in [0.4, 0.5) is 0 Å². The predicted octanol–water partition coefficient (Wildman–Crippen LogP) is 3.79. The maximum absolute atomic E-state index is 4.95. The van der Waals surface area contributed by atoms with Crippen molar-refractivity contribution in [2.24, 2.45) is 5.92 Å². The largest absolute Gasteiger partial charge is 0.0939 e. The monoisotopic (exact) mass is 159 g/mol. The van der Waals surface area contributed by atoms with Crippen LogP contribution in [0.25, 0.3) is 0 Å².